The Morgan fingerprint density at radius 1 is 1.13 bits per heavy atom. The molecular formula is C23H33N3O4. The van der Waals surface area contributed by atoms with Crippen LogP contribution in [0, 0.1) is 18.8 Å². The largest absolute Gasteiger partial charge is 0.385 e. The van der Waals surface area contributed by atoms with E-state index in [1.165, 1.54) is 5.56 Å². The minimum atomic E-state index is -0.276. The molecule has 164 valence electrons. The maximum Gasteiger partial charge on any atom is 0.227 e. The number of carbonyl (C=O) groups is 3. The fraction of sp³-hybridized carbons (Fsp3) is 0.609. The number of methoxy groups -OCH3 is 1. The Morgan fingerprint density at radius 2 is 1.83 bits per heavy atom. The van der Waals surface area contributed by atoms with Crippen LogP contribution in [0.5, 0.6) is 0 Å². The van der Waals surface area contributed by atoms with Crippen molar-refractivity contribution in [1.82, 2.24) is 15.1 Å². The van der Waals surface area contributed by atoms with Gasteiger partial charge in [-0.05, 0) is 31.7 Å². The van der Waals surface area contributed by atoms with Crippen LogP contribution in [0.15, 0.2) is 24.3 Å². The van der Waals surface area contributed by atoms with Crippen LogP contribution in [0.25, 0.3) is 0 Å². The average molecular weight is 416 g/mol. The van der Waals surface area contributed by atoms with Crippen LogP contribution in [0.1, 0.15) is 36.8 Å². The summed E-state index contributed by atoms with van der Waals surface area (Å²) in [7, 11) is 1.65. The van der Waals surface area contributed by atoms with Gasteiger partial charge in [0.15, 0.2) is 0 Å². The normalized spacial score (nSPS) is 19.9. The molecule has 3 rings (SSSR count). The number of hydrogen-bond acceptors (Lipinski definition) is 4. The first kappa shape index (κ1) is 22.3. The van der Waals surface area contributed by atoms with E-state index in [0.29, 0.717) is 52.2 Å². The van der Waals surface area contributed by atoms with E-state index in [9.17, 15) is 14.4 Å². The third-order valence-electron chi connectivity index (χ3n) is 6.06. The number of nitrogens with zero attached hydrogens (tertiary/aromatic N) is 2. The number of aryl methyl sites for hydroxylation is 1. The Kier molecular flexibility index (Phi) is 7.85. The minimum absolute atomic E-state index is 0.0410. The Morgan fingerprint density at radius 3 is 2.50 bits per heavy atom. The Hall–Kier alpha value is -2.41. The minimum Gasteiger partial charge on any atom is -0.385 e. The van der Waals surface area contributed by atoms with Gasteiger partial charge in [-0.15, -0.1) is 0 Å². The monoisotopic (exact) mass is 415 g/mol. The van der Waals surface area contributed by atoms with E-state index in [4.69, 9.17) is 4.74 Å². The van der Waals surface area contributed by atoms with Crippen molar-refractivity contribution in [3.05, 3.63) is 35.4 Å². The first-order valence-electron chi connectivity index (χ1n) is 10.9. The molecule has 1 atom stereocenters. The molecule has 1 aromatic rings. The lowest BCUT2D eigenvalue weighted by Crippen LogP contribution is -2.45. The van der Waals surface area contributed by atoms with Gasteiger partial charge < -0.3 is 19.9 Å². The van der Waals surface area contributed by atoms with Gasteiger partial charge in [0, 0.05) is 58.8 Å². The van der Waals surface area contributed by atoms with Crippen LogP contribution in [0.3, 0.4) is 0 Å². The van der Waals surface area contributed by atoms with Gasteiger partial charge in [0.1, 0.15) is 0 Å². The summed E-state index contributed by atoms with van der Waals surface area (Å²) in [5.41, 5.74) is 2.27. The van der Waals surface area contributed by atoms with Crippen molar-refractivity contribution in [2.45, 2.75) is 39.2 Å². The van der Waals surface area contributed by atoms with Gasteiger partial charge in [-0.25, -0.2) is 0 Å². The number of likely N-dealkylation sites (tertiary alicyclic amines) is 2. The SMILES string of the molecule is COCCCNC(=O)C1CCN(C(=O)C2CC(=O)N(Cc3ccc(C)cc3)C2)CC1. The highest BCUT2D eigenvalue weighted by molar-refractivity contribution is 5.89. The summed E-state index contributed by atoms with van der Waals surface area (Å²) in [6.07, 6.45) is 2.43. The van der Waals surface area contributed by atoms with Crippen molar-refractivity contribution in [3.8, 4) is 0 Å². The molecule has 3 amide bonds. The molecule has 2 saturated heterocycles. The zero-order valence-corrected chi connectivity index (χ0v) is 18.1. The molecule has 0 saturated carbocycles. The fourth-order valence-electron chi connectivity index (χ4n) is 4.20. The lowest BCUT2D eigenvalue weighted by atomic mass is 9.94. The Labute approximate surface area is 178 Å². The summed E-state index contributed by atoms with van der Waals surface area (Å²) in [5.74, 6) is -0.159. The summed E-state index contributed by atoms with van der Waals surface area (Å²) in [4.78, 5) is 41.3. The average Bonchev–Trinajstić information content (AvgIpc) is 3.12. The van der Waals surface area contributed by atoms with E-state index in [1.807, 2.05) is 36.1 Å². The summed E-state index contributed by atoms with van der Waals surface area (Å²) >= 11 is 0. The van der Waals surface area contributed by atoms with Crippen molar-refractivity contribution in [2.75, 3.05) is 39.9 Å². The zero-order chi connectivity index (χ0) is 21.5. The van der Waals surface area contributed by atoms with Gasteiger partial charge in [0.2, 0.25) is 17.7 Å². The Balaban J connectivity index is 1.44. The summed E-state index contributed by atoms with van der Waals surface area (Å²) < 4.78 is 4.99. The lowest BCUT2D eigenvalue weighted by Gasteiger charge is -2.33. The summed E-state index contributed by atoms with van der Waals surface area (Å²) in [6.45, 7) is 5.48. The maximum absolute atomic E-state index is 12.9. The topological polar surface area (TPSA) is 79.0 Å². The highest BCUT2D eigenvalue weighted by Gasteiger charge is 2.38. The number of piperidine rings is 1. The third-order valence-corrected chi connectivity index (χ3v) is 6.06. The zero-order valence-electron chi connectivity index (χ0n) is 18.1. The van der Waals surface area contributed by atoms with Crippen LogP contribution in [0.4, 0.5) is 0 Å². The predicted molar refractivity (Wildman–Crippen MR) is 114 cm³/mol. The standard InChI is InChI=1S/C23H33N3O4/c1-17-4-6-18(7-5-17)15-26-16-20(14-21(26)27)23(29)25-11-8-19(9-12-25)22(28)24-10-3-13-30-2/h4-7,19-20H,3,8-16H2,1-2H3,(H,24,28). The molecule has 2 aliphatic heterocycles. The van der Waals surface area contributed by atoms with E-state index in [2.05, 4.69) is 5.32 Å². The number of ether oxygens (including phenoxy) is 1. The molecule has 2 aliphatic rings. The van der Waals surface area contributed by atoms with Crippen molar-refractivity contribution < 1.29 is 19.1 Å². The number of nitrogens with one attached hydrogen (secondary N) is 1. The molecule has 0 aromatic heterocycles. The maximum atomic E-state index is 12.9. The van der Waals surface area contributed by atoms with E-state index in [0.717, 1.165) is 12.0 Å². The van der Waals surface area contributed by atoms with E-state index in [-0.39, 0.29) is 36.0 Å². The third kappa shape index (κ3) is 5.81. The quantitative estimate of drug-likeness (QED) is 0.656. The Bertz CT molecular complexity index is 741. The molecule has 2 heterocycles. The van der Waals surface area contributed by atoms with Crippen LogP contribution in [-0.4, -0.2) is 67.4 Å². The second-order valence-electron chi connectivity index (χ2n) is 8.40. The van der Waals surface area contributed by atoms with Crippen LogP contribution >= 0.6 is 0 Å². The molecule has 7 nitrogen and oxygen atoms in total. The second kappa shape index (κ2) is 10.6. The summed E-state index contributed by atoms with van der Waals surface area (Å²) in [6, 6.07) is 8.14. The second-order valence-corrected chi connectivity index (χ2v) is 8.40. The molecule has 0 spiro atoms. The molecule has 2 fully saturated rings. The molecule has 0 radical (unpaired) electrons. The highest BCUT2D eigenvalue weighted by Crippen LogP contribution is 2.25. The van der Waals surface area contributed by atoms with Gasteiger partial charge >= 0.3 is 0 Å². The molecule has 1 aromatic carbocycles. The lowest BCUT2D eigenvalue weighted by molar-refractivity contribution is -0.139. The number of rotatable bonds is 8. The number of benzene rings is 1. The van der Waals surface area contributed by atoms with Crippen molar-refractivity contribution in [1.29, 1.82) is 0 Å². The molecule has 0 aliphatic carbocycles. The van der Waals surface area contributed by atoms with Crippen LogP contribution in [0.2, 0.25) is 0 Å². The van der Waals surface area contributed by atoms with E-state index in [1.54, 1.807) is 12.0 Å². The molecular weight excluding hydrogens is 382 g/mol. The van der Waals surface area contributed by atoms with Gasteiger partial charge in [0.25, 0.3) is 0 Å². The molecule has 1 unspecified atom stereocenters. The number of hydrogen-bond donors (Lipinski definition) is 1. The van der Waals surface area contributed by atoms with Gasteiger partial charge in [0.05, 0.1) is 5.92 Å². The fourth-order valence-corrected chi connectivity index (χ4v) is 4.20. The van der Waals surface area contributed by atoms with Crippen LogP contribution in [-0.2, 0) is 25.7 Å². The highest BCUT2D eigenvalue weighted by atomic mass is 16.5. The van der Waals surface area contributed by atoms with Gasteiger partial charge in [-0.3, -0.25) is 14.4 Å². The predicted octanol–water partition coefficient (Wildman–Crippen LogP) is 1.73. The van der Waals surface area contributed by atoms with Gasteiger partial charge in [-0.2, -0.15) is 0 Å². The van der Waals surface area contributed by atoms with Crippen LogP contribution < -0.4 is 5.32 Å². The van der Waals surface area contributed by atoms with Crippen molar-refractivity contribution in [3.63, 3.8) is 0 Å². The van der Waals surface area contributed by atoms with Crippen molar-refractivity contribution >= 4 is 17.7 Å². The number of carbonyl (C=O) groups excluding carboxylic acids is 3. The summed E-state index contributed by atoms with van der Waals surface area (Å²) in [5, 5.41) is 2.95. The molecule has 1 N–H and O–H groups in total. The van der Waals surface area contributed by atoms with Gasteiger partial charge in [-0.1, -0.05) is 29.8 Å². The van der Waals surface area contributed by atoms with Crippen molar-refractivity contribution in [2.24, 2.45) is 11.8 Å². The molecule has 30 heavy (non-hydrogen) atoms. The molecule has 0 bridgehead atoms. The first-order valence-corrected chi connectivity index (χ1v) is 10.9. The van der Waals surface area contributed by atoms with E-state index < -0.39 is 0 Å². The smallest absolute Gasteiger partial charge is 0.227 e. The first-order chi connectivity index (χ1) is 14.5. The van der Waals surface area contributed by atoms with E-state index >= 15 is 0 Å². The molecule has 7 heteroatoms. The number of amides is 3.